The lowest BCUT2D eigenvalue weighted by molar-refractivity contribution is -0.828. The van der Waals surface area contributed by atoms with Crippen molar-refractivity contribution in [2.75, 3.05) is 41.3 Å². The molecule has 0 spiro atoms. The highest BCUT2D eigenvalue weighted by atomic mass is 16.6. The Morgan fingerprint density at radius 3 is 2.33 bits per heavy atom. The molecule has 0 bridgehead atoms. The third kappa shape index (κ3) is 4.07. The average molecular weight is 296 g/mol. The van der Waals surface area contributed by atoms with E-state index in [9.17, 15) is 9.59 Å². The van der Waals surface area contributed by atoms with Crippen LogP contribution in [0.1, 0.15) is 20.3 Å². The first kappa shape index (κ1) is 17.2. The quantitative estimate of drug-likeness (QED) is 0.742. The van der Waals surface area contributed by atoms with Gasteiger partial charge in [0.05, 0.1) is 25.7 Å². The van der Waals surface area contributed by atoms with Crippen molar-refractivity contribution < 1.29 is 18.8 Å². The number of rotatable bonds is 4. The number of allylic oxidation sites excluding steroid dienone is 1. The van der Waals surface area contributed by atoms with E-state index >= 15 is 0 Å². The summed E-state index contributed by atoms with van der Waals surface area (Å²) in [5.74, 6) is 0.555. The summed E-state index contributed by atoms with van der Waals surface area (Å²) < 4.78 is 5.63. The minimum absolute atomic E-state index is 0.0679. The summed E-state index contributed by atoms with van der Waals surface area (Å²) in [5, 5.41) is 0. The lowest BCUT2D eigenvalue weighted by Gasteiger charge is -2.31. The Morgan fingerprint density at radius 2 is 1.86 bits per heavy atom. The number of carbonyl (C=O) groups is 2. The van der Waals surface area contributed by atoms with E-state index < -0.39 is 6.09 Å². The topological polar surface area (TPSA) is 49.9 Å². The van der Waals surface area contributed by atoms with Gasteiger partial charge in [-0.25, -0.2) is 9.59 Å². The maximum absolute atomic E-state index is 12.7. The summed E-state index contributed by atoms with van der Waals surface area (Å²) in [6, 6.07) is 0. The minimum Gasteiger partial charge on any atom is -0.413 e. The molecule has 0 fully saturated rings. The molecule has 1 aliphatic heterocycles. The highest BCUT2D eigenvalue weighted by Gasteiger charge is 2.33. The molecule has 0 aromatic rings. The minimum atomic E-state index is -0.438. The Kier molecular flexibility index (Phi) is 5.54. The highest BCUT2D eigenvalue weighted by Crippen LogP contribution is 2.23. The molecule has 0 aromatic carbocycles. The van der Waals surface area contributed by atoms with Crippen LogP contribution in [0.25, 0.3) is 0 Å². The molecule has 0 aliphatic carbocycles. The van der Waals surface area contributed by atoms with Crippen molar-refractivity contribution >= 4 is 12.0 Å². The Bertz CT molecular complexity index is 477. The molecule has 6 nitrogen and oxygen atoms in total. The summed E-state index contributed by atoms with van der Waals surface area (Å²) in [7, 11) is 6.99. The van der Waals surface area contributed by atoms with Gasteiger partial charge in [0.2, 0.25) is 0 Å². The Balaban J connectivity index is 2.88. The molecule has 2 amide bonds. The number of hydrogen-bond donors (Lipinski definition) is 0. The number of amides is 2. The zero-order valence-corrected chi connectivity index (χ0v) is 13.8. The van der Waals surface area contributed by atoms with Gasteiger partial charge >= 0.3 is 12.0 Å². The molecule has 0 atom stereocenters. The second kappa shape index (κ2) is 6.76. The van der Waals surface area contributed by atoms with Crippen molar-refractivity contribution in [1.82, 2.24) is 9.80 Å². The summed E-state index contributed by atoms with van der Waals surface area (Å²) >= 11 is 0. The maximum Gasteiger partial charge on any atom is 0.414 e. The molecule has 0 saturated heterocycles. The molecule has 21 heavy (non-hydrogen) atoms. The SMILES string of the molecule is CC[N+](C)(CC)C(=O)C1=CN(C)C=C(OC(=O)N(C)C)C1. The maximum atomic E-state index is 12.7. The fraction of sp³-hybridized carbons (Fsp3) is 0.600. The van der Waals surface area contributed by atoms with Gasteiger partial charge in [0, 0.05) is 40.0 Å². The molecule has 0 radical (unpaired) electrons. The second-order valence-corrected chi connectivity index (χ2v) is 5.69. The van der Waals surface area contributed by atoms with E-state index in [1.807, 2.05) is 27.9 Å². The van der Waals surface area contributed by atoms with Crippen LogP contribution >= 0.6 is 0 Å². The second-order valence-electron chi connectivity index (χ2n) is 5.69. The van der Waals surface area contributed by atoms with Gasteiger partial charge in [-0.1, -0.05) is 0 Å². The summed E-state index contributed by atoms with van der Waals surface area (Å²) in [5.41, 5.74) is 0.660. The van der Waals surface area contributed by atoms with Gasteiger partial charge in [-0.3, -0.25) is 4.48 Å². The van der Waals surface area contributed by atoms with E-state index in [0.29, 0.717) is 22.2 Å². The van der Waals surface area contributed by atoms with Crippen molar-refractivity contribution in [2.24, 2.45) is 0 Å². The van der Waals surface area contributed by atoms with Crippen LogP contribution in [0, 0.1) is 0 Å². The molecule has 1 rings (SSSR count). The first-order valence-electron chi connectivity index (χ1n) is 7.15. The zero-order valence-electron chi connectivity index (χ0n) is 13.8. The molecule has 0 aromatic heterocycles. The van der Waals surface area contributed by atoms with E-state index in [4.69, 9.17) is 4.74 Å². The Hall–Kier alpha value is -1.82. The molecular formula is C15H26N3O3+. The van der Waals surface area contributed by atoms with Crippen LogP contribution in [0.4, 0.5) is 4.79 Å². The van der Waals surface area contributed by atoms with Crippen molar-refractivity contribution in [3.63, 3.8) is 0 Å². The molecule has 1 aliphatic rings. The molecule has 0 saturated carbocycles. The largest absolute Gasteiger partial charge is 0.414 e. The number of nitrogens with zero attached hydrogens (tertiary/aromatic N) is 3. The van der Waals surface area contributed by atoms with E-state index in [-0.39, 0.29) is 5.91 Å². The fourth-order valence-electron chi connectivity index (χ4n) is 2.04. The number of hydrogen-bond acceptors (Lipinski definition) is 4. The lowest BCUT2D eigenvalue weighted by Crippen LogP contribution is -2.50. The summed E-state index contributed by atoms with van der Waals surface area (Å²) in [6.45, 7) is 5.45. The molecule has 6 heteroatoms. The third-order valence-corrected chi connectivity index (χ3v) is 3.82. The van der Waals surface area contributed by atoms with Crippen molar-refractivity contribution in [3.8, 4) is 0 Å². The first-order valence-corrected chi connectivity index (χ1v) is 7.15. The van der Waals surface area contributed by atoms with Gasteiger partial charge in [-0.2, -0.15) is 0 Å². The zero-order chi connectivity index (χ0) is 16.2. The molecule has 0 unspecified atom stereocenters. The predicted molar refractivity (Wildman–Crippen MR) is 81.0 cm³/mol. The van der Waals surface area contributed by atoms with Crippen LogP contribution in [-0.2, 0) is 9.53 Å². The van der Waals surface area contributed by atoms with Crippen LogP contribution in [0.5, 0.6) is 0 Å². The van der Waals surface area contributed by atoms with Crippen LogP contribution < -0.4 is 0 Å². The van der Waals surface area contributed by atoms with Crippen molar-refractivity contribution in [1.29, 1.82) is 0 Å². The highest BCUT2D eigenvalue weighted by molar-refractivity contribution is 5.88. The summed E-state index contributed by atoms with van der Waals surface area (Å²) in [6.07, 6.45) is 3.43. The van der Waals surface area contributed by atoms with Crippen LogP contribution in [-0.4, -0.2) is 67.6 Å². The monoisotopic (exact) mass is 296 g/mol. The summed E-state index contributed by atoms with van der Waals surface area (Å²) in [4.78, 5) is 27.4. The van der Waals surface area contributed by atoms with Gasteiger partial charge in [-0.05, 0) is 13.8 Å². The standard InChI is InChI=1S/C15H26N3O3/c1-7-18(6,8-2)14(19)12-9-13(11-17(5)10-12)21-15(20)16(3)4/h10-11H,7-9H2,1-6H3/q+1. The van der Waals surface area contributed by atoms with Crippen molar-refractivity contribution in [2.45, 2.75) is 20.3 Å². The Labute approximate surface area is 126 Å². The van der Waals surface area contributed by atoms with Crippen LogP contribution in [0.2, 0.25) is 0 Å². The van der Waals surface area contributed by atoms with Gasteiger partial charge in [0.15, 0.2) is 0 Å². The van der Waals surface area contributed by atoms with E-state index in [1.54, 1.807) is 31.4 Å². The van der Waals surface area contributed by atoms with Crippen LogP contribution in [0.3, 0.4) is 0 Å². The smallest absolute Gasteiger partial charge is 0.413 e. The number of quaternary nitrogens is 1. The van der Waals surface area contributed by atoms with E-state index in [0.717, 1.165) is 13.1 Å². The van der Waals surface area contributed by atoms with Gasteiger partial charge in [-0.15, -0.1) is 0 Å². The normalized spacial score (nSPS) is 15.2. The molecular weight excluding hydrogens is 270 g/mol. The lowest BCUT2D eigenvalue weighted by atomic mass is 10.1. The average Bonchev–Trinajstić information content (AvgIpc) is 2.44. The predicted octanol–water partition coefficient (Wildman–Crippen LogP) is 1.76. The Morgan fingerprint density at radius 1 is 1.29 bits per heavy atom. The molecule has 1 heterocycles. The third-order valence-electron chi connectivity index (χ3n) is 3.82. The van der Waals surface area contributed by atoms with Gasteiger partial charge < -0.3 is 14.5 Å². The van der Waals surface area contributed by atoms with Gasteiger partial charge in [0.1, 0.15) is 5.76 Å². The number of likely N-dealkylation sites (N-methyl/N-ethyl adjacent to an activating group) is 1. The number of carbonyl (C=O) groups excluding carboxylic acids is 2. The molecule has 118 valence electrons. The number of ether oxygens (including phenoxy) is 1. The van der Waals surface area contributed by atoms with Crippen LogP contribution in [0.15, 0.2) is 23.7 Å². The van der Waals surface area contributed by atoms with Crippen molar-refractivity contribution in [3.05, 3.63) is 23.7 Å². The van der Waals surface area contributed by atoms with E-state index in [1.165, 1.54) is 4.90 Å². The van der Waals surface area contributed by atoms with Gasteiger partial charge in [0.25, 0.3) is 0 Å². The van der Waals surface area contributed by atoms with E-state index in [2.05, 4.69) is 0 Å². The fourth-order valence-corrected chi connectivity index (χ4v) is 2.04. The first-order chi connectivity index (χ1) is 9.73. The molecule has 0 N–H and O–H groups in total.